The van der Waals surface area contributed by atoms with E-state index in [0.717, 1.165) is 29.0 Å². The number of hydrogen-bond donors (Lipinski definition) is 0. The Labute approximate surface area is 154 Å². The number of thiophene rings is 1. The van der Waals surface area contributed by atoms with Gasteiger partial charge in [-0.3, -0.25) is 4.98 Å². The van der Waals surface area contributed by atoms with Crippen LogP contribution in [0, 0.1) is 0 Å². The molecule has 2 atom stereocenters. The third-order valence-corrected chi connectivity index (χ3v) is 5.70. The number of nitrogens with zero attached hydrogens (tertiary/aromatic N) is 3. The normalized spacial score (nSPS) is 21.3. The second-order valence-electron chi connectivity index (χ2n) is 6.06. The number of benzene rings is 1. The summed E-state index contributed by atoms with van der Waals surface area (Å²) in [6, 6.07) is 14.1. The minimum absolute atomic E-state index is 0.123. The molecule has 4 nitrogen and oxygen atoms in total. The summed E-state index contributed by atoms with van der Waals surface area (Å²) in [4.78, 5) is 5.31. The Kier molecular flexibility index (Phi) is 3.50. The van der Waals surface area contributed by atoms with Gasteiger partial charge in [0.25, 0.3) is 0 Å². The molecule has 0 saturated heterocycles. The second kappa shape index (κ2) is 5.86. The highest BCUT2D eigenvalue weighted by Crippen LogP contribution is 2.48. The van der Waals surface area contributed by atoms with E-state index in [1.165, 1.54) is 4.88 Å². The van der Waals surface area contributed by atoms with Crippen molar-refractivity contribution in [3.05, 3.63) is 81.3 Å². The van der Waals surface area contributed by atoms with Crippen LogP contribution in [0.5, 0.6) is 5.75 Å². The number of fused-ring (bicyclic) bond motifs is 3. The van der Waals surface area contributed by atoms with E-state index in [2.05, 4.69) is 27.5 Å². The van der Waals surface area contributed by atoms with E-state index >= 15 is 0 Å². The third kappa shape index (κ3) is 2.51. The number of rotatable bonds is 2. The minimum Gasteiger partial charge on any atom is -0.464 e. The molecule has 25 heavy (non-hydrogen) atoms. The third-order valence-electron chi connectivity index (χ3n) is 4.55. The highest BCUT2D eigenvalue weighted by molar-refractivity contribution is 7.12. The number of ether oxygens (including phenoxy) is 1. The fourth-order valence-corrected chi connectivity index (χ4v) is 4.30. The van der Waals surface area contributed by atoms with Crippen molar-refractivity contribution in [1.29, 1.82) is 0 Å². The lowest BCUT2D eigenvalue weighted by Gasteiger charge is -2.38. The molecule has 0 radical (unpaired) electrons. The van der Waals surface area contributed by atoms with Gasteiger partial charge in [0.2, 0.25) is 6.23 Å². The summed E-state index contributed by atoms with van der Waals surface area (Å²) in [5.41, 5.74) is 3.22. The van der Waals surface area contributed by atoms with Crippen LogP contribution in [0.3, 0.4) is 0 Å². The van der Waals surface area contributed by atoms with E-state index in [0.29, 0.717) is 5.02 Å². The van der Waals surface area contributed by atoms with Gasteiger partial charge in [0.15, 0.2) is 0 Å². The molecule has 3 aromatic rings. The van der Waals surface area contributed by atoms with Gasteiger partial charge in [-0.1, -0.05) is 17.7 Å². The Morgan fingerprint density at radius 3 is 2.84 bits per heavy atom. The maximum atomic E-state index is 6.29. The highest BCUT2D eigenvalue weighted by Gasteiger charge is 2.41. The minimum atomic E-state index is -0.265. The number of pyridine rings is 1. The summed E-state index contributed by atoms with van der Waals surface area (Å²) in [5.74, 6) is 0.870. The van der Waals surface area contributed by atoms with Crippen LogP contribution in [-0.4, -0.2) is 15.7 Å². The Hall–Kier alpha value is -2.37. The molecule has 4 heterocycles. The fraction of sp³-hybridized carbons (Fsp3) is 0.158. The average Bonchev–Trinajstić information content (AvgIpc) is 3.31. The first kappa shape index (κ1) is 14.9. The molecule has 0 aliphatic carbocycles. The molecule has 0 saturated carbocycles. The number of hydrogen-bond acceptors (Lipinski definition) is 5. The fourth-order valence-electron chi connectivity index (χ4n) is 3.40. The molecule has 2 aliphatic rings. The van der Waals surface area contributed by atoms with Crippen LogP contribution in [0.4, 0.5) is 0 Å². The van der Waals surface area contributed by atoms with Gasteiger partial charge in [0.1, 0.15) is 5.75 Å². The van der Waals surface area contributed by atoms with E-state index in [1.807, 2.05) is 30.3 Å². The Morgan fingerprint density at radius 2 is 2.04 bits per heavy atom. The SMILES string of the molecule is Clc1ccc2c(c1)[C@H]1CC(c3cccs3)=NN1[C@H](c1ccncc1)O2. The smallest absolute Gasteiger partial charge is 0.213 e. The molecule has 6 heteroatoms. The van der Waals surface area contributed by atoms with Crippen LogP contribution >= 0.6 is 22.9 Å². The molecule has 0 amide bonds. The van der Waals surface area contributed by atoms with Crippen molar-refractivity contribution in [2.45, 2.75) is 18.7 Å². The molecule has 2 aliphatic heterocycles. The standard InChI is InChI=1S/C19H14ClN3OS/c20-13-3-4-17-14(10-13)16-11-15(18-2-1-9-25-18)22-23(16)19(24-17)12-5-7-21-8-6-12/h1-10,16,19H,11H2/t16-,19+/m1/s1. The summed E-state index contributed by atoms with van der Waals surface area (Å²) >= 11 is 7.95. The molecule has 0 N–H and O–H groups in total. The van der Waals surface area contributed by atoms with Gasteiger partial charge in [0, 0.05) is 35.0 Å². The summed E-state index contributed by atoms with van der Waals surface area (Å²) < 4.78 is 6.29. The summed E-state index contributed by atoms with van der Waals surface area (Å²) in [5, 5.41) is 9.77. The molecule has 0 bridgehead atoms. The molecule has 2 aromatic heterocycles. The van der Waals surface area contributed by atoms with E-state index in [1.54, 1.807) is 23.7 Å². The Morgan fingerprint density at radius 1 is 1.16 bits per heavy atom. The maximum absolute atomic E-state index is 6.29. The van der Waals surface area contributed by atoms with Gasteiger partial charge in [-0.15, -0.1) is 11.3 Å². The quantitative estimate of drug-likeness (QED) is 0.636. The summed E-state index contributed by atoms with van der Waals surface area (Å²) in [6.07, 6.45) is 4.15. The molecule has 0 fully saturated rings. The molecule has 1 aromatic carbocycles. The van der Waals surface area contributed by atoms with Crippen LogP contribution in [0.25, 0.3) is 0 Å². The van der Waals surface area contributed by atoms with E-state index < -0.39 is 0 Å². The monoisotopic (exact) mass is 367 g/mol. The predicted molar refractivity (Wildman–Crippen MR) is 99.1 cm³/mol. The van der Waals surface area contributed by atoms with Crippen molar-refractivity contribution < 1.29 is 4.74 Å². The highest BCUT2D eigenvalue weighted by atomic mass is 35.5. The van der Waals surface area contributed by atoms with Crippen LogP contribution in [0.2, 0.25) is 5.02 Å². The van der Waals surface area contributed by atoms with Crippen molar-refractivity contribution in [3.63, 3.8) is 0 Å². The zero-order chi connectivity index (χ0) is 16.8. The molecular weight excluding hydrogens is 354 g/mol. The van der Waals surface area contributed by atoms with E-state index in [4.69, 9.17) is 21.4 Å². The largest absolute Gasteiger partial charge is 0.464 e. The van der Waals surface area contributed by atoms with Gasteiger partial charge in [-0.05, 0) is 41.8 Å². The second-order valence-corrected chi connectivity index (χ2v) is 7.44. The number of halogens is 1. The van der Waals surface area contributed by atoms with Crippen molar-refractivity contribution >= 4 is 28.6 Å². The van der Waals surface area contributed by atoms with E-state index in [9.17, 15) is 0 Å². The first-order chi connectivity index (χ1) is 12.3. The Bertz CT molecular complexity index is 943. The number of hydrazone groups is 1. The average molecular weight is 368 g/mol. The molecule has 0 spiro atoms. The lowest BCUT2D eigenvalue weighted by molar-refractivity contribution is -0.0190. The van der Waals surface area contributed by atoms with Crippen molar-refractivity contribution in [3.8, 4) is 5.75 Å². The number of aromatic nitrogens is 1. The zero-order valence-electron chi connectivity index (χ0n) is 13.2. The van der Waals surface area contributed by atoms with Crippen LogP contribution in [0.1, 0.15) is 34.7 Å². The van der Waals surface area contributed by atoms with Crippen LogP contribution in [-0.2, 0) is 0 Å². The lowest BCUT2D eigenvalue weighted by atomic mass is 9.98. The maximum Gasteiger partial charge on any atom is 0.213 e. The van der Waals surface area contributed by atoms with Crippen molar-refractivity contribution in [2.75, 3.05) is 0 Å². The van der Waals surface area contributed by atoms with Crippen LogP contribution < -0.4 is 4.74 Å². The summed E-state index contributed by atoms with van der Waals surface area (Å²) in [6.45, 7) is 0. The molecule has 5 rings (SSSR count). The van der Waals surface area contributed by atoms with Crippen LogP contribution in [0.15, 0.2) is 65.3 Å². The molecule has 0 unspecified atom stereocenters. The molecular formula is C19H14ClN3OS. The summed E-state index contributed by atoms with van der Waals surface area (Å²) in [7, 11) is 0. The zero-order valence-corrected chi connectivity index (χ0v) is 14.7. The molecule has 124 valence electrons. The van der Waals surface area contributed by atoms with Crippen molar-refractivity contribution in [2.24, 2.45) is 5.10 Å². The first-order valence-corrected chi connectivity index (χ1v) is 9.31. The predicted octanol–water partition coefficient (Wildman–Crippen LogP) is 5.04. The first-order valence-electron chi connectivity index (χ1n) is 8.05. The van der Waals surface area contributed by atoms with E-state index in [-0.39, 0.29) is 12.3 Å². The topological polar surface area (TPSA) is 37.7 Å². The Balaban J connectivity index is 1.62. The van der Waals surface area contributed by atoms with Gasteiger partial charge in [0.05, 0.1) is 16.6 Å². The van der Waals surface area contributed by atoms with Gasteiger partial charge >= 0.3 is 0 Å². The van der Waals surface area contributed by atoms with Crippen molar-refractivity contribution in [1.82, 2.24) is 9.99 Å². The van der Waals surface area contributed by atoms with Gasteiger partial charge in [-0.25, -0.2) is 5.01 Å². The van der Waals surface area contributed by atoms with Gasteiger partial charge < -0.3 is 4.74 Å². The van der Waals surface area contributed by atoms with Gasteiger partial charge in [-0.2, -0.15) is 5.10 Å². The lowest BCUT2D eigenvalue weighted by Crippen LogP contribution is -2.33.